The second-order valence-electron chi connectivity index (χ2n) is 5.41. The van der Waals surface area contributed by atoms with Crippen molar-refractivity contribution < 1.29 is 0 Å². The van der Waals surface area contributed by atoms with E-state index in [1.807, 2.05) is 0 Å². The van der Waals surface area contributed by atoms with Crippen LogP contribution in [0.2, 0.25) is 0 Å². The van der Waals surface area contributed by atoms with Crippen LogP contribution in [0, 0.1) is 13.8 Å². The van der Waals surface area contributed by atoms with Crippen LogP contribution in [0.1, 0.15) is 37.5 Å². The number of rotatable bonds is 7. The summed E-state index contributed by atoms with van der Waals surface area (Å²) >= 11 is 0. The number of benzene rings is 1. The van der Waals surface area contributed by atoms with Gasteiger partial charge in [0, 0.05) is 25.7 Å². The van der Waals surface area contributed by atoms with E-state index in [1.54, 1.807) is 0 Å². The fraction of sp³-hybridized carbons (Fsp3) is 0.625. The Bertz CT molecular complexity index is 358. The number of hydrogen-bond donors (Lipinski definition) is 1. The molecular formula is C16H28N2. The maximum Gasteiger partial charge on any atom is 0.0236 e. The Morgan fingerprint density at radius 2 is 1.94 bits per heavy atom. The van der Waals surface area contributed by atoms with E-state index in [9.17, 15) is 0 Å². The van der Waals surface area contributed by atoms with Crippen molar-refractivity contribution in [3.63, 3.8) is 0 Å². The van der Waals surface area contributed by atoms with Crippen molar-refractivity contribution in [3.8, 4) is 0 Å². The molecule has 2 heteroatoms. The lowest BCUT2D eigenvalue weighted by molar-refractivity contribution is 0.275. The number of likely N-dealkylation sites (N-methyl/N-ethyl adjacent to an activating group) is 1. The molecule has 0 aliphatic carbocycles. The molecule has 0 heterocycles. The third kappa shape index (κ3) is 5.19. The lowest BCUT2D eigenvalue weighted by Crippen LogP contribution is -2.34. The SMILES string of the molecule is CCN(CCNC(C)C)Cc1cc(C)ccc1C. The number of nitrogens with zero attached hydrogens (tertiary/aromatic N) is 1. The van der Waals surface area contributed by atoms with Gasteiger partial charge in [-0.3, -0.25) is 4.90 Å². The Hall–Kier alpha value is -0.860. The Morgan fingerprint density at radius 1 is 1.22 bits per heavy atom. The van der Waals surface area contributed by atoms with E-state index < -0.39 is 0 Å². The third-order valence-electron chi connectivity index (χ3n) is 3.33. The van der Waals surface area contributed by atoms with Gasteiger partial charge >= 0.3 is 0 Å². The minimum atomic E-state index is 0.574. The van der Waals surface area contributed by atoms with E-state index >= 15 is 0 Å². The highest BCUT2D eigenvalue weighted by Gasteiger charge is 2.06. The molecule has 0 saturated heterocycles. The normalized spacial score (nSPS) is 11.5. The van der Waals surface area contributed by atoms with E-state index in [0.717, 1.165) is 26.2 Å². The van der Waals surface area contributed by atoms with Gasteiger partial charge in [-0.1, -0.05) is 44.5 Å². The highest BCUT2D eigenvalue weighted by Crippen LogP contribution is 2.13. The summed E-state index contributed by atoms with van der Waals surface area (Å²) in [6, 6.07) is 7.30. The minimum absolute atomic E-state index is 0.574. The van der Waals surface area contributed by atoms with Gasteiger partial charge in [-0.2, -0.15) is 0 Å². The quantitative estimate of drug-likeness (QED) is 0.797. The van der Waals surface area contributed by atoms with Gasteiger partial charge in [-0.15, -0.1) is 0 Å². The van der Waals surface area contributed by atoms with Crippen LogP contribution in [0.25, 0.3) is 0 Å². The van der Waals surface area contributed by atoms with Gasteiger partial charge < -0.3 is 5.32 Å². The monoisotopic (exact) mass is 248 g/mol. The number of aryl methyl sites for hydroxylation is 2. The molecule has 0 amide bonds. The second-order valence-corrected chi connectivity index (χ2v) is 5.41. The Kier molecular flexibility index (Phi) is 6.37. The van der Waals surface area contributed by atoms with Crippen molar-refractivity contribution in [2.45, 2.75) is 47.2 Å². The van der Waals surface area contributed by atoms with Crippen molar-refractivity contribution in [2.75, 3.05) is 19.6 Å². The predicted molar refractivity (Wildman–Crippen MR) is 80.0 cm³/mol. The van der Waals surface area contributed by atoms with Crippen molar-refractivity contribution in [2.24, 2.45) is 0 Å². The van der Waals surface area contributed by atoms with Crippen molar-refractivity contribution in [1.82, 2.24) is 10.2 Å². The molecule has 0 spiro atoms. The first-order valence-electron chi connectivity index (χ1n) is 7.04. The van der Waals surface area contributed by atoms with Crippen molar-refractivity contribution >= 4 is 0 Å². The summed E-state index contributed by atoms with van der Waals surface area (Å²) in [5.74, 6) is 0. The van der Waals surface area contributed by atoms with Crippen LogP contribution >= 0.6 is 0 Å². The smallest absolute Gasteiger partial charge is 0.0236 e. The van der Waals surface area contributed by atoms with Gasteiger partial charge in [0.25, 0.3) is 0 Å². The average Bonchev–Trinajstić information content (AvgIpc) is 2.32. The molecule has 1 aromatic carbocycles. The van der Waals surface area contributed by atoms with Crippen LogP contribution in [0.3, 0.4) is 0 Å². The summed E-state index contributed by atoms with van der Waals surface area (Å²) in [6.45, 7) is 15.3. The Labute approximate surface area is 112 Å². The van der Waals surface area contributed by atoms with Gasteiger partial charge in [-0.25, -0.2) is 0 Å². The van der Waals surface area contributed by atoms with Gasteiger partial charge in [-0.05, 0) is 31.5 Å². The summed E-state index contributed by atoms with van der Waals surface area (Å²) in [7, 11) is 0. The van der Waals surface area contributed by atoms with E-state index in [0.29, 0.717) is 6.04 Å². The third-order valence-corrected chi connectivity index (χ3v) is 3.33. The minimum Gasteiger partial charge on any atom is -0.313 e. The zero-order chi connectivity index (χ0) is 13.5. The summed E-state index contributed by atoms with van der Waals surface area (Å²) in [5, 5.41) is 3.48. The number of nitrogens with one attached hydrogen (secondary N) is 1. The fourth-order valence-corrected chi connectivity index (χ4v) is 2.07. The summed E-state index contributed by atoms with van der Waals surface area (Å²) in [4.78, 5) is 2.50. The van der Waals surface area contributed by atoms with Crippen LogP contribution < -0.4 is 5.32 Å². The molecule has 102 valence electrons. The molecule has 0 aromatic heterocycles. The molecule has 0 saturated carbocycles. The fourth-order valence-electron chi connectivity index (χ4n) is 2.07. The zero-order valence-electron chi connectivity index (χ0n) is 12.6. The Morgan fingerprint density at radius 3 is 2.56 bits per heavy atom. The second kappa shape index (κ2) is 7.55. The van der Waals surface area contributed by atoms with E-state index in [-0.39, 0.29) is 0 Å². The standard InChI is InChI=1S/C16H28N2/c1-6-18(10-9-17-13(2)3)12-16-11-14(4)7-8-15(16)5/h7-8,11,13,17H,6,9-10,12H2,1-5H3. The van der Waals surface area contributed by atoms with Crippen LogP contribution in [0.5, 0.6) is 0 Å². The van der Waals surface area contributed by atoms with E-state index in [1.165, 1.54) is 16.7 Å². The summed E-state index contributed by atoms with van der Waals surface area (Å²) in [6.07, 6.45) is 0. The molecule has 1 rings (SSSR count). The largest absolute Gasteiger partial charge is 0.313 e. The Balaban J connectivity index is 2.54. The molecular weight excluding hydrogens is 220 g/mol. The molecule has 0 atom stereocenters. The first-order valence-corrected chi connectivity index (χ1v) is 7.04. The van der Waals surface area contributed by atoms with Gasteiger partial charge in [0.15, 0.2) is 0 Å². The van der Waals surface area contributed by atoms with Gasteiger partial charge in [0.1, 0.15) is 0 Å². The molecule has 0 bridgehead atoms. The first-order chi connectivity index (χ1) is 8.52. The molecule has 1 aromatic rings. The lowest BCUT2D eigenvalue weighted by atomic mass is 10.1. The van der Waals surface area contributed by atoms with E-state index in [4.69, 9.17) is 0 Å². The van der Waals surface area contributed by atoms with Gasteiger partial charge in [0.2, 0.25) is 0 Å². The topological polar surface area (TPSA) is 15.3 Å². The van der Waals surface area contributed by atoms with Crippen LogP contribution in [-0.2, 0) is 6.54 Å². The maximum atomic E-state index is 3.48. The highest BCUT2D eigenvalue weighted by molar-refractivity contribution is 5.30. The summed E-state index contributed by atoms with van der Waals surface area (Å²) < 4.78 is 0. The lowest BCUT2D eigenvalue weighted by Gasteiger charge is -2.22. The van der Waals surface area contributed by atoms with Crippen molar-refractivity contribution in [3.05, 3.63) is 34.9 Å². The summed E-state index contributed by atoms with van der Waals surface area (Å²) in [5.41, 5.74) is 4.21. The molecule has 0 unspecified atom stereocenters. The van der Waals surface area contributed by atoms with Gasteiger partial charge in [0.05, 0.1) is 0 Å². The van der Waals surface area contributed by atoms with Crippen molar-refractivity contribution in [1.29, 1.82) is 0 Å². The van der Waals surface area contributed by atoms with Crippen LogP contribution in [0.15, 0.2) is 18.2 Å². The average molecular weight is 248 g/mol. The molecule has 0 aliphatic rings. The zero-order valence-corrected chi connectivity index (χ0v) is 12.6. The maximum absolute atomic E-state index is 3.48. The molecule has 0 radical (unpaired) electrons. The number of hydrogen-bond acceptors (Lipinski definition) is 2. The molecule has 1 N–H and O–H groups in total. The predicted octanol–water partition coefficient (Wildman–Crippen LogP) is 3.12. The highest BCUT2D eigenvalue weighted by atomic mass is 15.1. The van der Waals surface area contributed by atoms with Crippen LogP contribution in [-0.4, -0.2) is 30.6 Å². The molecule has 0 aliphatic heterocycles. The first kappa shape index (κ1) is 15.2. The molecule has 0 fully saturated rings. The molecule has 2 nitrogen and oxygen atoms in total. The van der Waals surface area contributed by atoms with E-state index in [2.05, 4.69) is 63.0 Å². The molecule has 18 heavy (non-hydrogen) atoms. The van der Waals surface area contributed by atoms with Crippen LogP contribution in [0.4, 0.5) is 0 Å².